The van der Waals surface area contributed by atoms with Crippen LogP contribution in [0.15, 0.2) is 164 Å². The number of nitrogens with zero attached hydrogens (tertiary/aromatic N) is 1. The minimum atomic E-state index is 1.13. The molecular formula is C40H27NS. The fourth-order valence-electron chi connectivity index (χ4n) is 5.97. The molecule has 1 heterocycles. The minimum Gasteiger partial charge on any atom is -0.311 e. The normalized spacial score (nSPS) is 11.3. The van der Waals surface area contributed by atoms with Gasteiger partial charge in [-0.25, -0.2) is 0 Å². The zero-order valence-corrected chi connectivity index (χ0v) is 23.8. The molecule has 0 spiro atoms. The first-order valence-electron chi connectivity index (χ1n) is 14.3. The second-order valence-electron chi connectivity index (χ2n) is 10.6. The van der Waals surface area contributed by atoms with Gasteiger partial charge in [-0.15, -0.1) is 11.3 Å². The van der Waals surface area contributed by atoms with Crippen LogP contribution >= 0.6 is 11.3 Å². The van der Waals surface area contributed by atoms with Gasteiger partial charge in [0.2, 0.25) is 0 Å². The maximum Gasteiger partial charge on any atom is 0.0462 e. The monoisotopic (exact) mass is 553 g/mol. The molecule has 0 N–H and O–H groups in total. The number of hydrogen-bond donors (Lipinski definition) is 0. The van der Waals surface area contributed by atoms with E-state index in [0.29, 0.717) is 0 Å². The van der Waals surface area contributed by atoms with Crippen LogP contribution in [0.4, 0.5) is 17.1 Å². The average Bonchev–Trinajstić information content (AvgIpc) is 3.44. The predicted octanol–water partition coefficient (Wildman–Crippen LogP) is 12.0. The van der Waals surface area contributed by atoms with E-state index in [1.165, 1.54) is 53.2 Å². The Morgan fingerprint density at radius 1 is 0.381 bits per heavy atom. The summed E-state index contributed by atoms with van der Waals surface area (Å²) in [6, 6.07) is 59.1. The molecule has 0 saturated carbocycles. The lowest BCUT2D eigenvalue weighted by Crippen LogP contribution is -2.09. The Morgan fingerprint density at radius 2 is 0.976 bits per heavy atom. The van der Waals surface area contributed by atoms with Gasteiger partial charge >= 0.3 is 0 Å². The zero-order valence-electron chi connectivity index (χ0n) is 22.9. The molecule has 0 atom stereocenters. The highest BCUT2D eigenvalue weighted by atomic mass is 32.1. The predicted molar refractivity (Wildman–Crippen MR) is 182 cm³/mol. The Morgan fingerprint density at radius 3 is 1.71 bits per heavy atom. The van der Waals surface area contributed by atoms with E-state index in [-0.39, 0.29) is 0 Å². The van der Waals surface area contributed by atoms with Crippen molar-refractivity contribution in [2.75, 3.05) is 4.90 Å². The topological polar surface area (TPSA) is 3.24 Å². The lowest BCUT2D eigenvalue weighted by molar-refractivity contribution is 1.28. The summed E-state index contributed by atoms with van der Waals surface area (Å²) in [5.74, 6) is 0. The molecule has 0 radical (unpaired) electrons. The number of anilines is 3. The number of para-hydroxylation sites is 2. The summed E-state index contributed by atoms with van der Waals surface area (Å²) in [5, 5.41) is 5.16. The van der Waals surface area contributed by atoms with E-state index in [4.69, 9.17) is 0 Å². The van der Waals surface area contributed by atoms with Gasteiger partial charge < -0.3 is 4.90 Å². The Hall–Kier alpha value is -5.18. The highest BCUT2D eigenvalue weighted by Crippen LogP contribution is 2.44. The van der Waals surface area contributed by atoms with Crippen molar-refractivity contribution in [3.05, 3.63) is 164 Å². The molecule has 0 amide bonds. The van der Waals surface area contributed by atoms with Crippen molar-refractivity contribution in [3.63, 3.8) is 0 Å². The van der Waals surface area contributed by atoms with E-state index in [9.17, 15) is 0 Å². The molecule has 0 unspecified atom stereocenters. The molecule has 198 valence electrons. The van der Waals surface area contributed by atoms with Crippen molar-refractivity contribution in [1.29, 1.82) is 0 Å². The van der Waals surface area contributed by atoms with E-state index in [0.717, 1.165) is 17.1 Å². The van der Waals surface area contributed by atoms with E-state index >= 15 is 0 Å². The summed E-state index contributed by atoms with van der Waals surface area (Å²) in [7, 11) is 0. The highest BCUT2D eigenvalue weighted by molar-refractivity contribution is 7.26. The van der Waals surface area contributed by atoms with Crippen LogP contribution in [0.1, 0.15) is 0 Å². The number of thiophene rings is 1. The third kappa shape index (κ3) is 4.34. The third-order valence-corrected chi connectivity index (χ3v) is 9.25. The average molecular weight is 554 g/mol. The van der Waals surface area contributed by atoms with Crippen molar-refractivity contribution < 1.29 is 0 Å². The fourth-order valence-corrected chi connectivity index (χ4v) is 7.19. The van der Waals surface area contributed by atoms with Crippen LogP contribution in [-0.4, -0.2) is 0 Å². The van der Waals surface area contributed by atoms with Gasteiger partial charge in [-0.2, -0.15) is 0 Å². The third-order valence-electron chi connectivity index (χ3n) is 8.03. The first-order chi connectivity index (χ1) is 20.8. The van der Waals surface area contributed by atoms with E-state index in [2.05, 4.69) is 169 Å². The van der Waals surface area contributed by atoms with Crippen molar-refractivity contribution in [2.24, 2.45) is 0 Å². The van der Waals surface area contributed by atoms with Gasteiger partial charge in [-0.05, 0) is 88.1 Å². The maximum absolute atomic E-state index is 2.38. The van der Waals surface area contributed by atoms with Gasteiger partial charge in [-0.1, -0.05) is 103 Å². The van der Waals surface area contributed by atoms with E-state index in [1.807, 2.05) is 11.3 Å². The van der Waals surface area contributed by atoms with Crippen molar-refractivity contribution in [1.82, 2.24) is 0 Å². The van der Waals surface area contributed by atoms with Gasteiger partial charge in [0.1, 0.15) is 0 Å². The largest absolute Gasteiger partial charge is 0.311 e. The van der Waals surface area contributed by atoms with Crippen molar-refractivity contribution >= 4 is 59.3 Å². The van der Waals surface area contributed by atoms with Crippen molar-refractivity contribution in [3.8, 4) is 22.3 Å². The summed E-state index contributed by atoms with van der Waals surface area (Å²) in [6.45, 7) is 0. The second-order valence-corrected chi connectivity index (χ2v) is 11.7. The summed E-state index contributed by atoms with van der Waals surface area (Å²) >= 11 is 1.88. The molecule has 7 aromatic carbocycles. The van der Waals surface area contributed by atoms with Crippen molar-refractivity contribution in [2.45, 2.75) is 0 Å². The molecule has 8 rings (SSSR count). The molecule has 1 aromatic heterocycles. The Balaban J connectivity index is 1.29. The molecule has 0 aliphatic heterocycles. The molecule has 8 aromatic rings. The SMILES string of the molecule is c1ccc(N(c2ccccc2)c2ccc(-c3cc(-c4ccc5ccccc5c4)cc4c3sc3ccccc34)cc2)cc1. The molecule has 0 saturated heterocycles. The Bertz CT molecular complexity index is 2140. The number of fused-ring (bicyclic) bond motifs is 4. The van der Waals surface area contributed by atoms with Gasteiger partial charge in [0.15, 0.2) is 0 Å². The molecular weight excluding hydrogens is 527 g/mol. The van der Waals surface area contributed by atoms with Gasteiger partial charge in [-0.3, -0.25) is 0 Å². The second kappa shape index (κ2) is 10.3. The smallest absolute Gasteiger partial charge is 0.0462 e. The van der Waals surface area contributed by atoms with Crippen LogP contribution in [-0.2, 0) is 0 Å². The van der Waals surface area contributed by atoms with Crippen LogP contribution < -0.4 is 4.90 Å². The lowest BCUT2D eigenvalue weighted by atomic mass is 9.94. The van der Waals surface area contributed by atoms with E-state index in [1.54, 1.807) is 0 Å². The van der Waals surface area contributed by atoms with Crippen LogP contribution in [0.5, 0.6) is 0 Å². The summed E-state index contributed by atoms with van der Waals surface area (Å²) in [6.07, 6.45) is 0. The minimum absolute atomic E-state index is 1.13. The zero-order chi connectivity index (χ0) is 27.9. The number of benzene rings is 7. The Kier molecular flexibility index (Phi) is 6.05. The molecule has 0 aliphatic carbocycles. The number of rotatable bonds is 5. The molecule has 1 nitrogen and oxygen atoms in total. The van der Waals surface area contributed by atoms with Crippen LogP contribution in [0.2, 0.25) is 0 Å². The molecule has 0 aliphatic rings. The van der Waals surface area contributed by atoms with Crippen LogP contribution in [0, 0.1) is 0 Å². The van der Waals surface area contributed by atoms with Crippen LogP contribution in [0.25, 0.3) is 53.2 Å². The van der Waals surface area contributed by atoms with Gasteiger partial charge in [0, 0.05) is 42.8 Å². The molecule has 42 heavy (non-hydrogen) atoms. The van der Waals surface area contributed by atoms with Gasteiger partial charge in [0.25, 0.3) is 0 Å². The number of hydrogen-bond acceptors (Lipinski definition) is 2. The van der Waals surface area contributed by atoms with E-state index < -0.39 is 0 Å². The van der Waals surface area contributed by atoms with Crippen LogP contribution in [0.3, 0.4) is 0 Å². The van der Waals surface area contributed by atoms with Gasteiger partial charge in [0.05, 0.1) is 0 Å². The molecule has 0 fully saturated rings. The lowest BCUT2D eigenvalue weighted by Gasteiger charge is -2.25. The summed E-state index contributed by atoms with van der Waals surface area (Å²) in [5.41, 5.74) is 8.39. The maximum atomic E-state index is 2.38. The standard InChI is InChI=1S/C40H27NS/c1-3-13-33(14-4-1)41(34-15-5-2-6-16-34)35-23-21-29(22-24-35)37-26-32(31-20-19-28-11-7-8-12-30(28)25-31)27-38-36-17-9-10-18-39(36)42-40(37)38/h1-27H. The quantitative estimate of drug-likeness (QED) is 0.205. The Labute approximate surface area is 249 Å². The molecule has 2 heteroatoms. The summed E-state index contributed by atoms with van der Waals surface area (Å²) in [4.78, 5) is 2.31. The first kappa shape index (κ1) is 24.6. The first-order valence-corrected chi connectivity index (χ1v) is 15.1. The highest BCUT2D eigenvalue weighted by Gasteiger charge is 2.16. The molecule has 0 bridgehead atoms. The fraction of sp³-hybridized carbons (Fsp3) is 0. The summed E-state index contributed by atoms with van der Waals surface area (Å²) < 4.78 is 2.65.